The van der Waals surface area contributed by atoms with Gasteiger partial charge in [0.05, 0.1) is 4.90 Å². The second-order valence-electron chi connectivity index (χ2n) is 6.68. The maximum atomic E-state index is 12.7. The minimum atomic E-state index is -3.70. The zero-order chi connectivity index (χ0) is 18.6. The molecule has 7 heteroatoms. The number of rotatable bonds is 5. The lowest BCUT2D eigenvalue weighted by Gasteiger charge is -2.30. The minimum absolute atomic E-state index is 0.0998. The molecule has 0 spiro atoms. The molecule has 0 radical (unpaired) electrons. The number of amides is 1. The van der Waals surface area contributed by atoms with Crippen molar-refractivity contribution in [3.05, 3.63) is 59.9 Å². The Bertz CT molecular complexity index is 861. The van der Waals surface area contributed by atoms with E-state index in [1.165, 1.54) is 12.1 Å². The molecule has 2 heterocycles. The zero-order valence-corrected chi connectivity index (χ0v) is 15.6. The van der Waals surface area contributed by atoms with Crippen LogP contribution in [-0.4, -0.2) is 37.3 Å². The van der Waals surface area contributed by atoms with Crippen molar-refractivity contribution in [2.45, 2.75) is 31.2 Å². The summed E-state index contributed by atoms with van der Waals surface area (Å²) in [6.45, 7) is 3.80. The first kappa shape index (κ1) is 18.5. The van der Waals surface area contributed by atoms with Gasteiger partial charge in [-0.05, 0) is 54.7 Å². The number of carbonyl (C=O) groups is 1. The molecule has 0 atom stereocenters. The number of hydrogen-bond acceptors (Lipinski definition) is 4. The van der Waals surface area contributed by atoms with Crippen LogP contribution in [0.5, 0.6) is 0 Å². The summed E-state index contributed by atoms with van der Waals surface area (Å²) in [4.78, 5) is 18.5. The summed E-state index contributed by atoms with van der Waals surface area (Å²) in [7, 11) is -3.70. The predicted molar refractivity (Wildman–Crippen MR) is 99.0 cm³/mol. The normalized spacial score (nSPS) is 15.8. The van der Waals surface area contributed by atoms with Crippen molar-refractivity contribution in [3.63, 3.8) is 0 Å². The Morgan fingerprint density at radius 3 is 2.58 bits per heavy atom. The van der Waals surface area contributed by atoms with E-state index in [1.54, 1.807) is 41.6 Å². The Labute approximate surface area is 154 Å². The van der Waals surface area contributed by atoms with E-state index in [2.05, 4.69) is 16.6 Å². The van der Waals surface area contributed by atoms with Gasteiger partial charge in [0.15, 0.2) is 0 Å². The smallest absolute Gasteiger partial charge is 0.253 e. The minimum Gasteiger partial charge on any atom is -0.339 e. The van der Waals surface area contributed by atoms with Gasteiger partial charge >= 0.3 is 0 Å². The van der Waals surface area contributed by atoms with E-state index in [-0.39, 0.29) is 17.3 Å². The van der Waals surface area contributed by atoms with Gasteiger partial charge in [-0.3, -0.25) is 9.78 Å². The molecule has 1 aromatic carbocycles. The number of benzene rings is 1. The quantitative estimate of drug-likeness (QED) is 0.873. The van der Waals surface area contributed by atoms with Gasteiger partial charge in [0.1, 0.15) is 0 Å². The molecule has 26 heavy (non-hydrogen) atoms. The molecule has 0 unspecified atom stereocenters. The fourth-order valence-electron chi connectivity index (χ4n) is 2.95. The molecule has 1 aromatic heterocycles. The average Bonchev–Trinajstić information content (AvgIpc) is 2.67. The summed E-state index contributed by atoms with van der Waals surface area (Å²) in [5.74, 6) is 0.520. The standard InChI is InChI=1S/C19H23N3O3S/c1-15-7-11-22(12-8-15)19(23)17-3-2-4-18(13-17)26(24,25)21-14-16-5-9-20-10-6-16/h2-6,9-10,13,15,21H,7-8,11-12,14H2,1H3. The van der Waals surface area contributed by atoms with Crippen molar-refractivity contribution < 1.29 is 13.2 Å². The molecule has 6 nitrogen and oxygen atoms in total. The Morgan fingerprint density at radius 1 is 1.19 bits per heavy atom. The number of sulfonamides is 1. The molecule has 2 aromatic rings. The van der Waals surface area contributed by atoms with E-state index >= 15 is 0 Å². The van der Waals surface area contributed by atoms with Crippen molar-refractivity contribution in [1.82, 2.24) is 14.6 Å². The van der Waals surface area contributed by atoms with Crippen molar-refractivity contribution in [1.29, 1.82) is 0 Å². The van der Waals surface area contributed by atoms with Gasteiger partial charge in [-0.2, -0.15) is 0 Å². The SMILES string of the molecule is CC1CCN(C(=O)c2cccc(S(=O)(=O)NCc3ccncc3)c2)CC1. The number of piperidine rings is 1. The van der Waals surface area contributed by atoms with Gasteiger partial charge in [0.25, 0.3) is 5.91 Å². The number of nitrogens with one attached hydrogen (secondary N) is 1. The molecule has 1 fully saturated rings. The monoisotopic (exact) mass is 373 g/mol. The largest absolute Gasteiger partial charge is 0.339 e. The lowest BCUT2D eigenvalue weighted by Crippen LogP contribution is -2.38. The lowest BCUT2D eigenvalue weighted by atomic mass is 9.98. The highest BCUT2D eigenvalue weighted by atomic mass is 32.2. The summed E-state index contributed by atoms with van der Waals surface area (Å²) in [5, 5.41) is 0. The van der Waals surface area contributed by atoms with Crippen LogP contribution in [-0.2, 0) is 16.6 Å². The van der Waals surface area contributed by atoms with Crippen LogP contribution in [0, 0.1) is 5.92 Å². The maximum Gasteiger partial charge on any atom is 0.253 e. The van der Waals surface area contributed by atoms with E-state index in [0.717, 1.165) is 31.5 Å². The van der Waals surface area contributed by atoms with Gasteiger partial charge in [0.2, 0.25) is 10.0 Å². The fourth-order valence-corrected chi connectivity index (χ4v) is 4.02. The molecule has 1 aliphatic heterocycles. The highest BCUT2D eigenvalue weighted by Gasteiger charge is 2.23. The summed E-state index contributed by atoms with van der Waals surface area (Å²) in [6, 6.07) is 9.74. The molecule has 138 valence electrons. The number of nitrogens with zero attached hydrogens (tertiary/aromatic N) is 2. The summed E-state index contributed by atoms with van der Waals surface area (Å²) >= 11 is 0. The van der Waals surface area contributed by atoms with Gasteiger partial charge in [0, 0.05) is 37.6 Å². The molecule has 0 aliphatic carbocycles. The third kappa shape index (κ3) is 4.47. The lowest BCUT2D eigenvalue weighted by molar-refractivity contribution is 0.0697. The van der Waals surface area contributed by atoms with E-state index in [0.29, 0.717) is 11.5 Å². The first-order valence-corrected chi connectivity index (χ1v) is 10.2. The van der Waals surface area contributed by atoms with Crippen molar-refractivity contribution >= 4 is 15.9 Å². The topological polar surface area (TPSA) is 79.4 Å². The van der Waals surface area contributed by atoms with Crippen molar-refractivity contribution in [2.75, 3.05) is 13.1 Å². The average molecular weight is 373 g/mol. The van der Waals surface area contributed by atoms with Gasteiger partial charge in [-0.1, -0.05) is 13.0 Å². The van der Waals surface area contributed by atoms with E-state index < -0.39 is 10.0 Å². The number of aromatic nitrogens is 1. The molecule has 0 saturated carbocycles. The fraction of sp³-hybridized carbons (Fsp3) is 0.368. The second-order valence-corrected chi connectivity index (χ2v) is 8.45. The van der Waals surface area contributed by atoms with Crippen LogP contribution in [0.2, 0.25) is 0 Å². The highest BCUT2D eigenvalue weighted by Crippen LogP contribution is 2.19. The van der Waals surface area contributed by atoms with Crippen LogP contribution in [0.1, 0.15) is 35.7 Å². The van der Waals surface area contributed by atoms with Crippen molar-refractivity contribution in [2.24, 2.45) is 5.92 Å². The van der Waals surface area contributed by atoms with Crippen LogP contribution < -0.4 is 4.72 Å². The Kier molecular flexibility index (Phi) is 5.68. The maximum absolute atomic E-state index is 12.7. The van der Waals surface area contributed by atoms with Crippen molar-refractivity contribution in [3.8, 4) is 0 Å². The van der Waals surface area contributed by atoms with E-state index in [4.69, 9.17) is 0 Å². The van der Waals surface area contributed by atoms with Crippen LogP contribution in [0.4, 0.5) is 0 Å². The molecule has 1 aliphatic rings. The second kappa shape index (κ2) is 7.97. The third-order valence-electron chi connectivity index (χ3n) is 4.68. The van der Waals surface area contributed by atoms with Crippen LogP contribution in [0.3, 0.4) is 0 Å². The zero-order valence-electron chi connectivity index (χ0n) is 14.8. The van der Waals surface area contributed by atoms with Gasteiger partial charge in [-0.25, -0.2) is 13.1 Å². The third-order valence-corrected chi connectivity index (χ3v) is 6.08. The first-order chi connectivity index (χ1) is 12.5. The summed E-state index contributed by atoms with van der Waals surface area (Å²) in [6.07, 6.45) is 5.19. The van der Waals surface area contributed by atoms with E-state index in [9.17, 15) is 13.2 Å². The van der Waals surface area contributed by atoms with Gasteiger partial charge < -0.3 is 4.90 Å². The molecular weight excluding hydrogens is 350 g/mol. The van der Waals surface area contributed by atoms with E-state index in [1.807, 2.05) is 0 Å². The molecular formula is C19H23N3O3S. The number of pyridine rings is 1. The van der Waals surface area contributed by atoms with Crippen LogP contribution in [0.25, 0.3) is 0 Å². The summed E-state index contributed by atoms with van der Waals surface area (Å²) < 4.78 is 27.7. The van der Waals surface area contributed by atoms with Crippen LogP contribution in [0.15, 0.2) is 53.7 Å². The highest BCUT2D eigenvalue weighted by molar-refractivity contribution is 7.89. The number of carbonyl (C=O) groups excluding carboxylic acids is 1. The molecule has 1 saturated heterocycles. The first-order valence-electron chi connectivity index (χ1n) is 8.73. The Balaban J connectivity index is 1.72. The predicted octanol–water partition coefficient (Wildman–Crippen LogP) is 2.43. The summed E-state index contributed by atoms with van der Waals surface area (Å²) in [5.41, 5.74) is 1.23. The molecule has 0 bridgehead atoms. The molecule has 1 N–H and O–H groups in total. The number of hydrogen-bond donors (Lipinski definition) is 1. The number of likely N-dealkylation sites (tertiary alicyclic amines) is 1. The molecule has 1 amide bonds. The Morgan fingerprint density at radius 2 is 1.88 bits per heavy atom. The van der Waals surface area contributed by atoms with Crippen LogP contribution >= 0.6 is 0 Å². The molecule has 3 rings (SSSR count). The van der Waals surface area contributed by atoms with Gasteiger partial charge in [-0.15, -0.1) is 0 Å². The Hall–Kier alpha value is -2.25.